The average Bonchev–Trinajstić information content (AvgIpc) is 2.47. The molecule has 0 spiro atoms. The van der Waals surface area contributed by atoms with Crippen LogP contribution in [-0.2, 0) is 6.42 Å². The second-order valence-electron chi connectivity index (χ2n) is 4.59. The Morgan fingerprint density at radius 3 is 2.81 bits per heavy atom. The van der Waals surface area contributed by atoms with Gasteiger partial charge in [-0.05, 0) is 37.1 Å². The fraction of sp³-hybridized carbons (Fsp3) is 0.267. The van der Waals surface area contributed by atoms with Crippen LogP contribution in [0.1, 0.15) is 31.1 Å². The van der Waals surface area contributed by atoms with Gasteiger partial charge in [-0.25, -0.2) is 4.98 Å². The maximum Gasteiger partial charge on any atom is 0.311 e. The van der Waals surface area contributed by atoms with Crippen LogP contribution in [0.3, 0.4) is 0 Å². The van der Waals surface area contributed by atoms with Crippen molar-refractivity contribution in [2.24, 2.45) is 0 Å². The maximum absolute atomic E-state index is 11.2. The first-order valence-corrected chi connectivity index (χ1v) is 6.61. The number of hydrogen-bond donors (Lipinski definition) is 1. The van der Waals surface area contributed by atoms with Crippen molar-refractivity contribution in [3.8, 4) is 11.6 Å². The number of aromatic nitrogens is 1. The lowest BCUT2D eigenvalue weighted by atomic mass is 10.1. The van der Waals surface area contributed by atoms with E-state index >= 15 is 0 Å². The van der Waals surface area contributed by atoms with E-state index < -0.39 is 11.0 Å². The van der Waals surface area contributed by atoms with Crippen LogP contribution in [-0.4, -0.2) is 15.0 Å². The molecule has 2 aromatic rings. The van der Waals surface area contributed by atoms with Crippen LogP contribution in [0, 0.1) is 10.1 Å². The number of aryl methyl sites for hydroxylation is 1. The summed E-state index contributed by atoms with van der Waals surface area (Å²) in [6.07, 6.45) is 1.43. The highest BCUT2D eigenvalue weighted by Crippen LogP contribution is 2.34. The summed E-state index contributed by atoms with van der Waals surface area (Å²) >= 11 is 0. The minimum atomic E-state index is -0.775. The molecule has 0 aliphatic carbocycles. The molecule has 0 bridgehead atoms. The smallest absolute Gasteiger partial charge is 0.311 e. The molecular formula is C15H16N2O4. The Hall–Kier alpha value is -2.47. The molecule has 2 rings (SSSR count). The molecule has 0 saturated carbocycles. The Bertz CT molecular complexity index is 656. The van der Waals surface area contributed by atoms with E-state index in [0.717, 1.165) is 5.56 Å². The molecule has 110 valence electrons. The number of nitro benzene ring substituents is 1. The van der Waals surface area contributed by atoms with Crippen molar-refractivity contribution in [1.29, 1.82) is 0 Å². The first-order chi connectivity index (χ1) is 10.0. The third-order valence-electron chi connectivity index (χ3n) is 3.09. The normalized spacial score (nSPS) is 12.0. The Morgan fingerprint density at radius 1 is 1.43 bits per heavy atom. The average molecular weight is 288 g/mol. The van der Waals surface area contributed by atoms with Crippen LogP contribution >= 0.6 is 0 Å². The van der Waals surface area contributed by atoms with E-state index in [4.69, 9.17) is 4.74 Å². The summed E-state index contributed by atoms with van der Waals surface area (Å²) in [5, 5.41) is 20.8. The highest BCUT2D eigenvalue weighted by molar-refractivity contribution is 5.50. The van der Waals surface area contributed by atoms with Crippen LogP contribution in [0.4, 0.5) is 5.69 Å². The van der Waals surface area contributed by atoms with Gasteiger partial charge < -0.3 is 9.84 Å². The van der Waals surface area contributed by atoms with Crippen molar-refractivity contribution in [3.63, 3.8) is 0 Å². The number of aliphatic hydroxyl groups is 1. The lowest BCUT2D eigenvalue weighted by molar-refractivity contribution is -0.385. The van der Waals surface area contributed by atoms with Crippen molar-refractivity contribution < 1.29 is 14.8 Å². The number of pyridine rings is 1. The van der Waals surface area contributed by atoms with Crippen LogP contribution in [0.15, 0.2) is 36.5 Å². The molecule has 1 atom stereocenters. The van der Waals surface area contributed by atoms with Gasteiger partial charge in [-0.1, -0.05) is 13.0 Å². The van der Waals surface area contributed by atoms with Gasteiger partial charge in [0.1, 0.15) is 0 Å². The van der Waals surface area contributed by atoms with Crippen molar-refractivity contribution in [2.75, 3.05) is 0 Å². The molecule has 1 aromatic heterocycles. The first kappa shape index (κ1) is 14.9. The standard InChI is InChI=1S/C15H16N2O4/c1-3-11-6-7-14(13(9-11)17(19)20)21-15-12(10(2)18)5-4-8-16-15/h4-10,18H,3H2,1-2H3/t10-/m1/s1. The summed E-state index contributed by atoms with van der Waals surface area (Å²) < 4.78 is 5.55. The van der Waals surface area contributed by atoms with E-state index in [1.54, 1.807) is 31.2 Å². The Labute approximate surface area is 122 Å². The molecule has 0 aliphatic heterocycles. The molecule has 1 heterocycles. The minimum Gasteiger partial charge on any atom is -0.431 e. The number of rotatable bonds is 5. The zero-order valence-electron chi connectivity index (χ0n) is 11.8. The molecule has 21 heavy (non-hydrogen) atoms. The van der Waals surface area contributed by atoms with E-state index in [9.17, 15) is 15.2 Å². The van der Waals surface area contributed by atoms with E-state index in [2.05, 4.69) is 4.98 Å². The van der Waals surface area contributed by atoms with E-state index in [-0.39, 0.29) is 17.3 Å². The van der Waals surface area contributed by atoms with Gasteiger partial charge in [0, 0.05) is 17.8 Å². The van der Waals surface area contributed by atoms with Gasteiger partial charge >= 0.3 is 5.69 Å². The van der Waals surface area contributed by atoms with Crippen LogP contribution < -0.4 is 4.74 Å². The van der Waals surface area contributed by atoms with Gasteiger partial charge in [-0.15, -0.1) is 0 Å². The lowest BCUT2D eigenvalue weighted by Crippen LogP contribution is -2.00. The van der Waals surface area contributed by atoms with Crippen LogP contribution in [0.2, 0.25) is 0 Å². The first-order valence-electron chi connectivity index (χ1n) is 6.61. The molecule has 0 aliphatic rings. The third-order valence-corrected chi connectivity index (χ3v) is 3.09. The minimum absolute atomic E-state index is 0.109. The molecule has 6 nitrogen and oxygen atoms in total. The number of ether oxygens (including phenoxy) is 1. The third kappa shape index (κ3) is 3.35. The number of nitro groups is 1. The number of aliphatic hydroxyl groups excluding tert-OH is 1. The van der Waals surface area contributed by atoms with Crippen molar-refractivity contribution in [1.82, 2.24) is 4.98 Å². The molecule has 0 unspecified atom stereocenters. The van der Waals surface area contributed by atoms with Gasteiger partial charge in [0.25, 0.3) is 0 Å². The molecule has 1 N–H and O–H groups in total. The summed E-state index contributed by atoms with van der Waals surface area (Å²) in [5.74, 6) is 0.276. The Kier molecular flexibility index (Phi) is 4.49. The Morgan fingerprint density at radius 2 is 2.19 bits per heavy atom. The van der Waals surface area contributed by atoms with Crippen LogP contribution in [0.5, 0.6) is 11.6 Å². The van der Waals surface area contributed by atoms with Gasteiger partial charge in [0.2, 0.25) is 11.6 Å². The van der Waals surface area contributed by atoms with Crippen LogP contribution in [0.25, 0.3) is 0 Å². The summed E-state index contributed by atoms with van der Waals surface area (Å²) in [7, 11) is 0. The lowest BCUT2D eigenvalue weighted by Gasteiger charge is -2.12. The molecule has 0 saturated heterocycles. The fourth-order valence-corrected chi connectivity index (χ4v) is 1.92. The van der Waals surface area contributed by atoms with Gasteiger partial charge in [-0.3, -0.25) is 10.1 Å². The zero-order valence-corrected chi connectivity index (χ0v) is 11.8. The fourth-order valence-electron chi connectivity index (χ4n) is 1.92. The number of nitrogens with zero attached hydrogens (tertiary/aromatic N) is 2. The molecular weight excluding hydrogens is 272 g/mol. The molecule has 0 fully saturated rings. The van der Waals surface area contributed by atoms with Gasteiger partial charge in [0.05, 0.1) is 11.0 Å². The molecule has 6 heteroatoms. The van der Waals surface area contributed by atoms with Gasteiger partial charge in [0.15, 0.2) is 0 Å². The maximum atomic E-state index is 11.2. The molecule has 0 radical (unpaired) electrons. The number of benzene rings is 1. The predicted octanol–water partition coefficient (Wildman–Crippen LogP) is 3.40. The van der Waals surface area contributed by atoms with Gasteiger partial charge in [-0.2, -0.15) is 0 Å². The second-order valence-corrected chi connectivity index (χ2v) is 4.59. The summed E-state index contributed by atoms with van der Waals surface area (Å²) in [4.78, 5) is 14.7. The quantitative estimate of drug-likeness (QED) is 0.673. The second kappa shape index (κ2) is 6.32. The predicted molar refractivity (Wildman–Crippen MR) is 77.4 cm³/mol. The van der Waals surface area contributed by atoms with E-state index in [1.165, 1.54) is 12.3 Å². The van der Waals surface area contributed by atoms with E-state index in [1.807, 2.05) is 6.92 Å². The topological polar surface area (TPSA) is 85.5 Å². The highest BCUT2D eigenvalue weighted by atomic mass is 16.6. The summed E-state index contributed by atoms with van der Waals surface area (Å²) in [5.41, 5.74) is 1.22. The van der Waals surface area contributed by atoms with Crippen molar-refractivity contribution >= 4 is 5.69 Å². The summed E-state index contributed by atoms with van der Waals surface area (Å²) in [6, 6.07) is 8.15. The summed E-state index contributed by atoms with van der Waals surface area (Å²) in [6.45, 7) is 3.50. The SMILES string of the molecule is CCc1ccc(Oc2ncccc2[C@@H](C)O)c([N+](=O)[O-])c1. The van der Waals surface area contributed by atoms with Crippen molar-refractivity contribution in [3.05, 3.63) is 57.8 Å². The number of hydrogen-bond acceptors (Lipinski definition) is 5. The highest BCUT2D eigenvalue weighted by Gasteiger charge is 2.19. The molecule has 0 amide bonds. The van der Waals surface area contributed by atoms with E-state index in [0.29, 0.717) is 12.0 Å². The Balaban J connectivity index is 2.42. The van der Waals surface area contributed by atoms with Crippen molar-refractivity contribution in [2.45, 2.75) is 26.4 Å². The monoisotopic (exact) mass is 288 g/mol. The molecule has 1 aromatic carbocycles. The largest absolute Gasteiger partial charge is 0.431 e. The zero-order chi connectivity index (χ0) is 15.4.